The number of aliphatic imine (C=N–C) groups is 1. The third-order valence-electron chi connectivity index (χ3n) is 7.49. The van der Waals surface area contributed by atoms with Crippen LogP contribution >= 0.6 is 0 Å². The maximum absolute atomic E-state index is 15.6. The summed E-state index contributed by atoms with van der Waals surface area (Å²) in [5.74, 6) is -0.679. The van der Waals surface area contributed by atoms with Crippen LogP contribution in [0.5, 0.6) is 5.75 Å². The van der Waals surface area contributed by atoms with Crippen LogP contribution in [-0.2, 0) is 31.2 Å². The lowest BCUT2D eigenvalue weighted by molar-refractivity contribution is -0.153. The van der Waals surface area contributed by atoms with Gasteiger partial charge in [0.05, 0.1) is 39.0 Å². The van der Waals surface area contributed by atoms with Crippen LogP contribution < -0.4 is 4.74 Å². The van der Waals surface area contributed by atoms with Gasteiger partial charge >= 0.3 is 5.97 Å². The van der Waals surface area contributed by atoms with E-state index in [0.29, 0.717) is 36.6 Å². The monoisotopic (exact) mass is 571 g/mol. The van der Waals surface area contributed by atoms with Crippen molar-refractivity contribution in [1.82, 2.24) is 4.98 Å². The number of carbonyl (C=O) groups is 2. The Hall–Kier alpha value is -3.14. The second-order valence-electron chi connectivity index (χ2n) is 11.9. The third kappa shape index (κ3) is 5.55. The van der Waals surface area contributed by atoms with E-state index in [1.165, 1.54) is 12.3 Å². The number of ketones is 1. The van der Waals surface area contributed by atoms with E-state index in [1.54, 1.807) is 65.8 Å². The molecule has 1 aromatic carbocycles. The van der Waals surface area contributed by atoms with Gasteiger partial charge in [0.1, 0.15) is 28.4 Å². The molecule has 3 atom stereocenters. The molecule has 0 bridgehead atoms. The predicted molar refractivity (Wildman–Crippen MR) is 153 cm³/mol. The molecule has 0 amide bonds. The van der Waals surface area contributed by atoms with Crippen molar-refractivity contribution in [3.8, 4) is 5.75 Å². The van der Waals surface area contributed by atoms with Crippen LogP contribution in [0.2, 0.25) is 0 Å². The van der Waals surface area contributed by atoms with Crippen molar-refractivity contribution in [2.45, 2.75) is 88.9 Å². The van der Waals surface area contributed by atoms with Gasteiger partial charge in [-0.3, -0.25) is 14.6 Å². The molecule has 0 aliphatic carbocycles. The molecule has 4 rings (SSSR count). The zero-order chi connectivity index (χ0) is 29.5. The second-order valence-corrected chi connectivity index (χ2v) is 14.9. The Bertz CT molecular complexity index is 1470. The highest BCUT2D eigenvalue weighted by Gasteiger charge is 2.57. The van der Waals surface area contributed by atoms with Crippen molar-refractivity contribution in [3.05, 3.63) is 59.2 Å². The van der Waals surface area contributed by atoms with Crippen molar-refractivity contribution in [3.63, 3.8) is 0 Å². The summed E-state index contributed by atoms with van der Waals surface area (Å²) in [6.45, 7) is 13.4. The summed E-state index contributed by atoms with van der Waals surface area (Å²) in [4.78, 5) is 35.0. The van der Waals surface area contributed by atoms with Crippen LogP contribution in [0.15, 0.2) is 45.9 Å². The van der Waals surface area contributed by atoms with Crippen molar-refractivity contribution >= 4 is 27.2 Å². The van der Waals surface area contributed by atoms with Gasteiger partial charge in [-0.2, -0.15) is 0 Å². The van der Waals surface area contributed by atoms with Crippen molar-refractivity contribution in [2.24, 2.45) is 9.36 Å². The van der Waals surface area contributed by atoms with Gasteiger partial charge in [0.15, 0.2) is 5.78 Å². The molecule has 2 aliphatic heterocycles. The minimum absolute atomic E-state index is 0.00523. The first-order valence-electron chi connectivity index (χ1n) is 13.5. The van der Waals surface area contributed by atoms with Gasteiger partial charge < -0.3 is 9.47 Å². The minimum Gasteiger partial charge on any atom is -0.492 e. The summed E-state index contributed by atoms with van der Waals surface area (Å²) in [7, 11) is -2.94. The SMILES string of the molecule is CCOc1ccc(C(=O)Cc2ccc(F)c([C@@]3(C)N=C(CC(=O)OC(C)(C)C)C(C)(C)[S@@]4(=O)=NCC[C@@H]34)c2)nc1. The number of halogens is 1. The molecule has 0 radical (unpaired) electrons. The van der Waals surface area contributed by atoms with Crippen LogP contribution in [0.25, 0.3) is 0 Å². The average molecular weight is 572 g/mol. The highest BCUT2D eigenvalue weighted by molar-refractivity contribution is 7.96. The lowest BCUT2D eigenvalue weighted by Crippen LogP contribution is -2.56. The van der Waals surface area contributed by atoms with Crippen molar-refractivity contribution < 1.29 is 27.7 Å². The number of benzene rings is 1. The largest absolute Gasteiger partial charge is 0.492 e. The first-order valence-corrected chi connectivity index (χ1v) is 15.1. The molecular formula is C30H38FN3O5S. The summed E-state index contributed by atoms with van der Waals surface area (Å²) < 4.78 is 44.6. The number of aromatic nitrogens is 1. The first-order chi connectivity index (χ1) is 18.6. The normalized spacial score (nSPS) is 25.4. The van der Waals surface area contributed by atoms with E-state index in [0.717, 1.165) is 0 Å². The van der Waals surface area contributed by atoms with E-state index < -0.39 is 42.7 Å². The number of carbonyl (C=O) groups excluding carboxylic acids is 2. The number of Topliss-reactive ketones (excluding diaryl/α,β-unsaturated/α-hetero) is 1. The predicted octanol–water partition coefficient (Wildman–Crippen LogP) is 5.47. The highest BCUT2D eigenvalue weighted by Crippen LogP contribution is 2.49. The molecule has 216 valence electrons. The van der Waals surface area contributed by atoms with Gasteiger partial charge in [0.2, 0.25) is 0 Å². The van der Waals surface area contributed by atoms with Gasteiger partial charge in [-0.1, -0.05) is 6.07 Å². The molecular weight excluding hydrogens is 533 g/mol. The maximum Gasteiger partial charge on any atom is 0.312 e. The summed E-state index contributed by atoms with van der Waals surface area (Å²) in [6, 6.07) is 7.78. The van der Waals surface area contributed by atoms with Crippen LogP contribution in [0.1, 0.15) is 82.9 Å². The quantitative estimate of drug-likeness (QED) is 0.307. The Labute approximate surface area is 236 Å². The zero-order valence-electron chi connectivity index (χ0n) is 24.2. The number of ether oxygens (including phenoxy) is 2. The maximum atomic E-state index is 15.6. The van der Waals surface area contributed by atoms with Gasteiger partial charge in [-0.15, -0.1) is 0 Å². The Morgan fingerprint density at radius 2 is 1.85 bits per heavy atom. The number of nitrogens with zero attached hydrogens (tertiary/aromatic N) is 3. The Morgan fingerprint density at radius 1 is 1.12 bits per heavy atom. The average Bonchev–Trinajstić information content (AvgIpc) is 3.28. The molecule has 0 saturated carbocycles. The van der Waals surface area contributed by atoms with Crippen LogP contribution in [0.3, 0.4) is 0 Å². The number of pyridine rings is 1. The lowest BCUT2D eigenvalue weighted by Gasteiger charge is -2.46. The van der Waals surface area contributed by atoms with Crippen LogP contribution in [-0.4, -0.2) is 55.4 Å². The van der Waals surface area contributed by atoms with Crippen LogP contribution in [0, 0.1) is 5.82 Å². The van der Waals surface area contributed by atoms with E-state index in [9.17, 15) is 13.8 Å². The number of fused-ring (bicyclic) bond motifs is 1. The molecule has 3 heterocycles. The molecule has 0 unspecified atom stereocenters. The fourth-order valence-electron chi connectivity index (χ4n) is 5.46. The topological polar surface area (TPSA) is 107 Å². The number of esters is 1. The summed E-state index contributed by atoms with van der Waals surface area (Å²) in [5, 5.41) is -0.564. The van der Waals surface area contributed by atoms with Crippen molar-refractivity contribution in [1.29, 1.82) is 0 Å². The van der Waals surface area contributed by atoms with Gasteiger partial charge in [-0.25, -0.2) is 17.9 Å². The smallest absolute Gasteiger partial charge is 0.312 e. The van der Waals surface area contributed by atoms with Crippen molar-refractivity contribution in [2.75, 3.05) is 13.2 Å². The standard InChI is InChI=1S/C30H38FN3O5S/c1-8-38-20-10-12-23(32-18-20)24(35)16-19-9-11-22(31)21(15-19)30(7)26-13-14-33-40(26,37)29(5,6)25(34-30)17-27(36)39-28(2,3)4/h9-12,15,18,26H,8,13-14,16-17H2,1-7H3/t26-,30+,40+/m0/s1. The third-order valence-corrected chi connectivity index (χ3v) is 11.2. The fourth-order valence-corrected chi connectivity index (χ4v) is 8.74. The molecule has 0 saturated heterocycles. The summed E-state index contributed by atoms with van der Waals surface area (Å²) >= 11 is 0. The van der Waals surface area contributed by atoms with E-state index >= 15 is 4.39 Å². The first kappa shape index (κ1) is 29.8. The summed E-state index contributed by atoms with van der Waals surface area (Å²) in [6.07, 6.45) is 1.79. The number of hydrogen-bond donors (Lipinski definition) is 0. The fraction of sp³-hybridized carbons (Fsp3) is 0.533. The van der Waals surface area contributed by atoms with Gasteiger partial charge in [0.25, 0.3) is 0 Å². The second kappa shape index (κ2) is 10.7. The van der Waals surface area contributed by atoms with Crippen LogP contribution in [0.4, 0.5) is 4.39 Å². The molecule has 0 fully saturated rings. The zero-order valence-corrected chi connectivity index (χ0v) is 25.1. The number of rotatable bonds is 8. The molecule has 2 aliphatic rings. The molecule has 10 heteroatoms. The van der Waals surface area contributed by atoms with E-state index in [1.807, 2.05) is 6.92 Å². The Morgan fingerprint density at radius 3 is 2.48 bits per heavy atom. The number of hydrogen-bond acceptors (Lipinski definition) is 8. The highest BCUT2D eigenvalue weighted by atomic mass is 32.2. The molecule has 8 nitrogen and oxygen atoms in total. The Balaban J connectivity index is 1.73. The van der Waals surface area contributed by atoms with Gasteiger partial charge in [0, 0.05) is 24.2 Å². The Kier molecular flexibility index (Phi) is 7.97. The molecule has 1 aromatic heterocycles. The van der Waals surface area contributed by atoms with E-state index in [2.05, 4.69) is 9.35 Å². The lowest BCUT2D eigenvalue weighted by atomic mass is 9.84. The molecule has 40 heavy (non-hydrogen) atoms. The van der Waals surface area contributed by atoms with E-state index in [4.69, 9.17) is 14.5 Å². The molecule has 0 N–H and O–H groups in total. The van der Waals surface area contributed by atoms with Gasteiger partial charge in [-0.05, 0) is 84.7 Å². The minimum atomic E-state index is -2.94. The molecule has 2 aromatic rings. The summed E-state index contributed by atoms with van der Waals surface area (Å²) in [5.41, 5.74) is -0.513. The van der Waals surface area contributed by atoms with E-state index in [-0.39, 0.29) is 29.9 Å². The molecule has 0 spiro atoms.